The molecule has 1 aliphatic rings. The highest BCUT2D eigenvalue weighted by Crippen LogP contribution is 2.31. The number of fused-ring (bicyclic) bond motifs is 1. The lowest BCUT2D eigenvalue weighted by Gasteiger charge is -2.28. The summed E-state index contributed by atoms with van der Waals surface area (Å²) in [4.78, 5) is 18.1. The smallest absolute Gasteiger partial charge is 0.267 e. The van der Waals surface area contributed by atoms with Crippen LogP contribution in [0, 0.1) is 0 Å². The number of hydrogen-bond acceptors (Lipinski definition) is 5. The lowest BCUT2D eigenvalue weighted by Crippen LogP contribution is -2.44. The molecule has 104 valence electrons. The van der Waals surface area contributed by atoms with Crippen molar-refractivity contribution < 1.29 is 14.3 Å². The Hall–Kier alpha value is -2.08. The summed E-state index contributed by atoms with van der Waals surface area (Å²) in [7, 11) is 1.74. The molecule has 0 unspecified atom stereocenters. The predicted octanol–water partition coefficient (Wildman–Crippen LogP) is 1.94. The van der Waals surface area contributed by atoms with Gasteiger partial charge in [0, 0.05) is 18.6 Å². The Kier molecular flexibility index (Phi) is 3.56. The number of thiazole rings is 1. The van der Waals surface area contributed by atoms with E-state index in [0.29, 0.717) is 18.0 Å². The third-order valence-electron chi connectivity index (χ3n) is 3.02. The van der Waals surface area contributed by atoms with Gasteiger partial charge in [-0.2, -0.15) is 0 Å². The van der Waals surface area contributed by atoms with Gasteiger partial charge in [0.25, 0.3) is 5.91 Å². The van der Waals surface area contributed by atoms with Crippen LogP contribution in [0.1, 0.15) is 5.01 Å². The molecule has 0 spiro atoms. The second-order valence-electron chi connectivity index (χ2n) is 4.48. The van der Waals surface area contributed by atoms with Gasteiger partial charge in [0.05, 0.1) is 6.54 Å². The van der Waals surface area contributed by atoms with Crippen LogP contribution in [-0.2, 0) is 11.3 Å². The number of rotatable bonds is 3. The zero-order chi connectivity index (χ0) is 13.9. The maximum Gasteiger partial charge on any atom is 0.267 e. The van der Waals surface area contributed by atoms with Crippen molar-refractivity contribution in [2.75, 3.05) is 13.7 Å². The van der Waals surface area contributed by atoms with E-state index in [9.17, 15) is 4.79 Å². The van der Waals surface area contributed by atoms with E-state index in [4.69, 9.17) is 9.47 Å². The average Bonchev–Trinajstić information content (AvgIpc) is 2.99. The van der Waals surface area contributed by atoms with Gasteiger partial charge < -0.3 is 14.4 Å². The Bertz CT molecular complexity index is 600. The van der Waals surface area contributed by atoms with Crippen LogP contribution in [0.25, 0.3) is 0 Å². The normalized spacial score (nSPS) is 16.8. The van der Waals surface area contributed by atoms with Crippen molar-refractivity contribution in [3.05, 3.63) is 40.8 Å². The Morgan fingerprint density at radius 2 is 2.25 bits per heavy atom. The molecular weight excluding hydrogens is 276 g/mol. The lowest BCUT2D eigenvalue weighted by atomic mass is 10.2. The lowest BCUT2D eigenvalue weighted by molar-refractivity contribution is -0.140. The van der Waals surface area contributed by atoms with Crippen molar-refractivity contribution in [2.45, 2.75) is 12.6 Å². The maximum absolute atomic E-state index is 12.3. The minimum atomic E-state index is -0.602. The molecule has 20 heavy (non-hydrogen) atoms. The molecule has 1 aromatic heterocycles. The number of likely N-dealkylation sites (N-methyl/N-ethyl adjacent to an activating group) is 1. The minimum absolute atomic E-state index is 0.102. The number of hydrogen-bond donors (Lipinski definition) is 0. The van der Waals surface area contributed by atoms with Gasteiger partial charge in [0.1, 0.15) is 11.6 Å². The number of carbonyl (C=O) groups is 1. The van der Waals surface area contributed by atoms with Crippen LogP contribution in [0.3, 0.4) is 0 Å². The van der Waals surface area contributed by atoms with Gasteiger partial charge in [-0.25, -0.2) is 4.98 Å². The van der Waals surface area contributed by atoms with E-state index in [2.05, 4.69) is 4.98 Å². The number of aromatic nitrogens is 1. The van der Waals surface area contributed by atoms with E-state index in [-0.39, 0.29) is 12.5 Å². The number of amides is 1. The maximum atomic E-state index is 12.3. The molecule has 2 heterocycles. The van der Waals surface area contributed by atoms with Crippen LogP contribution in [0.2, 0.25) is 0 Å². The number of carbonyl (C=O) groups excluding carboxylic acids is 1. The average molecular weight is 290 g/mol. The molecule has 0 aliphatic carbocycles. The second-order valence-corrected chi connectivity index (χ2v) is 5.46. The third-order valence-corrected chi connectivity index (χ3v) is 3.78. The first kappa shape index (κ1) is 12.9. The fraction of sp³-hybridized carbons (Fsp3) is 0.286. The molecule has 0 radical (unpaired) electrons. The summed E-state index contributed by atoms with van der Waals surface area (Å²) in [5.41, 5.74) is 0. The van der Waals surface area contributed by atoms with Crippen molar-refractivity contribution in [2.24, 2.45) is 0 Å². The van der Waals surface area contributed by atoms with Gasteiger partial charge in [-0.1, -0.05) is 12.1 Å². The zero-order valence-electron chi connectivity index (χ0n) is 11.0. The molecule has 0 saturated heterocycles. The van der Waals surface area contributed by atoms with Gasteiger partial charge in [0.15, 0.2) is 11.5 Å². The fourth-order valence-electron chi connectivity index (χ4n) is 2.00. The van der Waals surface area contributed by atoms with Gasteiger partial charge >= 0.3 is 0 Å². The highest BCUT2D eigenvalue weighted by molar-refractivity contribution is 7.09. The van der Waals surface area contributed by atoms with Crippen molar-refractivity contribution in [1.29, 1.82) is 0 Å². The first-order chi connectivity index (χ1) is 9.74. The molecular formula is C14H14N2O3S. The van der Waals surface area contributed by atoms with Crippen LogP contribution < -0.4 is 9.47 Å². The third kappa shape index (κ3) is 2.60. The second kappa shape index (κ2) is 5.50. The molecule has 0 saturated carbocycles. The van der Waals surface area contributed by atoms with Gasteiger partial charge in [-0.05, 0) is 12.1 Å². The summed E-state index contributed by atoms with van der Waals surface area (Å²) in [6.07, 6.45) is 1.13. The summed E-state index contributed by atoms with van der Waals surface area (Å²) in [6.45, 7) is 0.718. The molecule has 0 bridgehead atoms. The van der Waals surface area contributed by atoms with Crippen molar-refractivity contribution in [1.82, 2.24) is 9.88 Å². The highest BCUT2D eigenvalue weighted by Gasteiger charge is 2.29. The minimum Gasteiger partial charge on any atom is -0.485 e. The molecule has 5 nitrogen and oxygen atoms in total. The van der Waals surface area contributed by atoms with Gasteiger partial charge in [-0.3, -0.25) is 4.79 Å². The molecule has 0 fully saturated rings. The Balaban J connectivity index is 1.66. The van der Waals surface area contributed by atoms with Gasteiger partial charge in [-0.15, -0.1) is 11.3 Å². The number of ether oxygens (including phenoxy) is 2. The quantitative estimate of drug-likeness (QED) is 0.867. The molecule has 6 heteroatoms. The summed E-state index contributed by atoms with van der Waals surface area (Å²) in [6, 6.07) is 7.36. The van der Waals surface area contributed by atoms with Crippen LogP contribution in [0.5, 0.6) is 11.5 Å². The van der Waals surface area contributed by atoms with Gasteiger partial charge in [0.2, 0.25) is 6.10 Å². The molecule has 2 aromatic rings. The van der Waals surface area contributed by atoms with E-state index in [0.717, 1.165) is 5.01 Å². The summed E-state index contributed by atoms with van der Waals surface area (Å²) in [5.74, 6) is 1.19. The molecule has 1 amide bonds. The van der Waals surface area contributed by atoms with Crippen LogP contribution >= 0.6 is 11.3 Å². The Morgan fingerprint density at radius 1 is 1.45 bits per heavy atom. The topological polar surface area (TPSA) is 51.7 Å². The van der Waals surface area contributed by atoms with Crippen LogP contribution in [0.15, 0.2) is 35.8 Å². The standard InChI is InChI=1S/C14H14N2O3S/c1-16(8-13-15-6-7-20-13)14(17)12-9-18-10-4-2-3-5-11(10)19-12/h2-7,12H,8-9H2,1H3/t12-/m1/s1. The zero-order valence-corrected chi connectivity index (χ0v) is 11.8. The van der Waals surface area contributed by atoms with E-state index in [1.54, 1.807) is 24.2 Å². The van der Waals surface area contributed by atoms with E-state index in [1.165, 1.54) is 11.3 Å². The van der Waals surface area contributed by atoms with Crippen molar-refractivity contribution >= 4 is 17.2 Å². The molecule has 3 rings (SSSR count). The summed E-state index contributed by atoms with van der Waals surface area (Å²) in [5, 5.41) is 2.79. The molecule has 0 N–H and O–H groups in total. The Labute approximate surface area is 120 Å². The summed E-state index contributed by atoms with van der Waals surface area (Å²) >= 11 is 1.53. The monoisotopic (exact) mass is 290 g/mol. The number of nitrogens with zero attached hydrogens (tertiary/aromatic N) is 2. The predicted molar refractivity (Wildman–Crippen MR) is 74.9 cm³/mol. The van der Waals surface area contributed by atoms with E-state index < -0.39 is 6.10 Å². The van der Waals surface area contributed by atoms with E-state index in [1.807, 2.05) is 23.6 Å². The largest absolute Gasteiger partial charge is 0.485 e. The highest BCUT2D eigenvalue weighted by atomic mass is 32.1. The molecule has 1 atom stereocenters. The van der Waals surface area contributed by atoms with Crippen molar-refractivity contribution in [3.8, 4) is 11.5 Å². The number of para-hydroxylation sites is 2. The number of benzene rings is 1. The van der Waals surface area contributed by atoms with Crippen LogP contribution in [0.4, 0.5) is 0 Å². The first-order valence-corrected chi connectivity index (χ1v) is 7.14. The Morgan fingerprint density at radius 3 is 3.00 bits per heavy atom. The summed E-state index contributed by atoms with van der Waals surface area (Å²) < 4.78 is 11.3. The van der Waals surface area contributed by atoms with Crippen molar-refractivity contribution in [3.63, 3.8) is 0 Å². The molecule has 1 aromatic carbocycles. The first-order valence-electron chi connectivity index (χ1n) is 6.26. The van der Waals surface area contributed by atoms with Crippen LogP contribution in [-0.4, -0.2) is 35.5 Å². The van der Waals surface area contributed by atoms with E-state index >= 15 is 0 Å². The SMILES string of the molecule is CN(Cc1nccs1)C(=O)[C@H]1COc2ccccc2O1. The fourth-order valence-corrected chi connectivity index (χ4v) is 2.67. The molecule has 1 aliphatic heterocycles.